The van der Waals surface area contributed by atoms with Crippen molar-refractivity contribution in [1.82, 2.24) is 4.90 Å². The number of halogens is 1. The fraction of sp³-hybridized carbons (Fsp3) is 0.188. The molecule has 0 aliphatic carbocycles. The number of anilines is 1. The van der Waals surface area contributed by atoms with Crippen LogP contribution < -0.4 is 5.32 Å². The summed E-state index contributed by atoms with van der Waals surface area (Å²) < 4.78 is 1.02. The summed E-state index contributed by atoms with van der Waals surface area (Å²) in [5, 5.41) is 2.98. The molecule has 2 aromatic carbocycles. The van der Waals surface area contributed by atoms with Gasteiger partial charge in [0.15, 0.2) is 0 Å². The number of nitrogens with zero attached hydrogens (tertiary/aromatic N) is 1. The monoisotopic (exact) mass is 330 g/mol. The van der Waals surface area contributed by atoms with E-state index in [-0.39, 0.29) is 11.9 Å². The van der Waals surface area contributed by atoms with Crippen LogP contribution in [0.25, 0.3) is 0 Å². The molecule has 1 heterocycles. The van der Waals surface area contributed by atoms with Gasteiger partial charge in [-0.3, -0.25) is 9.69 Å². The van der Waals surface area contributed by atoms with Crippen LogP contribution in [0.4, 0.5) is 5.69 Å². The van der Waals surface area contributed by atoms with Gasteiger partial charge in [-0.2, -0.15) is 0 Å². The number of carbonyl (C=O) groups is 1. The minimum Gasteiger partial charge on any atom is -0.325 e. The molecular weight excluding hydrogens is 316 g/mol. The van der Waals surface area contributed by atoms with Crippen molar-refractivity contribution in [2.45, 2.75) is 6.04 Å². The zero-order valence-electron chi connectivity index (χ0n) is 11.1. The highest BCUT2D eigenvalue weighted by Gasteiger charge is 2.27. The molecule has 2 aromatic rings. The van der Waals surface area contributed by atoms with Gasteiger partial charge in [0.25, 0.3) is 0 Å². The molecule has 1 aliphatic heterocycles. The quantitative estimate of drug-likeness (QED) is 0.868. The average molecular weight is 331 g/mol. The molecule has 20 heavy (non-hydrogen) atoms. The molecule has 4 heteroatoms. The predicted octanol–water partition coefficient (Wildman–Crippen LogP) is 3.42. The normalized spacial score (nSPS) is 19.1. The molecule has 1 amide bonds. The van der Waals surface area contributed by atoms with E-state index in [1.54, 1.807) is 0 Å². The standard InChI is InChI=1S/C16H15BrN2O/c1-19-10-15(20)18-14-8-7-12(17)9-13(14)16(19)11-5-3-2-4-6-11/h2-9,16H,10H2,1H3,(H,18,20)/t16-/m0/s1. The van der Waals surface area contributed by atoms with Gasteiger partial charge in [-0.1, -0.05) is 46.3 Å². The number of likely N-dealkylation sites (N-methyl/N-ethyl adjacent to an activating group) is 1. The minimum absolute atomic E-state index is 0.0227. The van der Waals surface area contributed by atoms with Crippen LogP contribution in [0, 0.1) is 0 Å². The molecular formula is C16H15BrN2O. The number of fused-ring (bicyclic) bond motifs is 1. The SMILES string of the molecule is CN1CC(=O)Nc2ccc(Br)cc2[C@@H]1c1ccccc1. The lowest BCUT2D eigenvalue weighted by Gasteiger charge is -2.26. The third kappa shape index (κ3) is 2.49. The molecule has 1 atom stereocenters. The number of nitrogens with one attached hydrogen (secondary N) is 1. The van der Waals surface area contributed by atoms with E-state index in [4.69, 9.17) is 0 Å². The Balaban J connectivity index is 2.17. The number of carbonyl (C=O) groups excluding carboxylic acids is 1. The van der Waals surface area contributed by atoms with Gasteiger partial charge >= 0.3 is 0 Å². The summed E-state index contributed by atoms with van der Waals surface area (Å²) in [4.78, 5) is 14.0. The summed E-state index contributed by atoms with van der Waals surface area (Å²) in [6.45, 7) is 0.381. The molecule has 0 unspecified atom stereocenters. The van der Waals surface area contributed by atoms with E-state index >= 15 is 0 Å². The van der Waals surface area contributed by atoms with Crippen molar-refractivity contribution in [3.63, 3.8) is 0 Å². The number of amides is 1. The maximum absolute atomic E-state index is 12.0. The maximum Gasteiger partial charge on any atom is 0.238 e. The number of hydrogen-bond donors (Lipinski definition) is 1. The summed E-state index contributed by atoms with van der Waals surface area (Å²) in [6.07, 6.45) is 0. The molecule has 0 aromatic heterocycles. The van der Waals surface area contributed by atoms with Gasteiger partial charge < -0.3 is 5.32 Å². The van der Waals surface area contributed by atoms with Crippen molar-refractivity contribution in [2.24, 2.45) is 0 Å². The Bertz CT molecular complexity index is 642. The van der Waals surface area contributed by atoms with Crippen molar-refractivity contribution in [2.75, 3.05) is 18.9 Å². The molecule has 3 nitrogen and oxygen atoms in total. The molecule has 1 N–H and O–H groups in total. The lowest BCUT2D eigenvalue weighted by molar-refractivity contribution is -0.117. The zero-order valence-corrected chi connectivity index (χ0v) is 12.7. The molecule has 0 spiro atoms. The van der Waals surface area contributed by atoms with Crippen molar-refractivity contribution in [1.29, 1.82) is 0 Å². The van der Waals surface area contributed by atoms with E-state index in [2.05, 4.69) is 44.3 Å². The Hall–Kier alpha value is -1.65. The summed E-state index contributed by atoms with van der Waals surface area (Å²) in [6, 6.07) is 16.3. The van der Waals surface area contributed by atoms with E-state index in [1.165, 1.54) is 5.56 Å². The van der Waals surface area contributed by atoms with Crippen LogP contribution in [0.3, 0.4) is 0 Å². The molecule has 0 saturated carbocycles. The third-order valence-corrected chi connectivity index (χ3v) is 4.02. The van der Waals surface area contributed by atoms with Crippen molar-refractivity contribution in [3.8, 4) is 0 Å². The largest absolute Gasteiger partial charge is 0.325 e. The molecule has 0 bridgehead atoms. The van der Waals surface area contributed by atoms with E-state index in [1.807, 2.05) is 37.4 Å². The van der Waals surface area contributed by atoms with Gasteiger partial charge in [0, 0.05) is 10.2 Å². The second-order valence-electron chi connectivity index (χ2n) is 5.01. The smallest absolute Gasteiger partial charge is 0.238 e. The van der Waals surface area contributed by atoms with Crippen LogP contribution in [0.5, 0.6) is 0 Å². The van der Waals surface area contributed by atoms with Crippen molar-refractivity contribution >= 4 is 27.5 Å². The molecule has 1 aliphatic rings. The predicted molar refractivity (Wildman–Crippen MR) is 83.7 cm³/mol. The highest BCUT2D eigenvalue weighted by atomic mass is 79.9. The first kappa shape index (κ1) is 13.3. The van der Waals surface area contributed by atoms with Crippen LogP contribution in [0.15, 0.2) is 53.0 Å². The minimum atomic E-state index is 0.0227. The van der Waals surface area contributed by atoms with Crippen molar-refractivity contribution < 1.29 is 4.79 Å². The third-order valence-electron chi connectivity index (χ3n) is 3.53. The Morgan fingerprint density at radius 2 is 1.95 bits per heavy atom. The molecule has 0 radical (unpaired) electrons. The Morgan fingerprint density at radius 3 is 2.70 bits per heavy atom. The van der Waals surface area contributed by atoms with Gasteiger partial charge in [0.1, 0.15) is 0 Å². The maximum atomic E-state index is 12.0. The second-order valence-corrected chi connectivity index (χ2v) is 5.92. The zero-order chi connectivity index (χ0) is 14.1. The van der Waals surface area contributed by atoms with Gasteiger partial charge in [0.2, 0.25) is 5.91 Å². The second kappa shape index (κ2) is 5.38. The van der Waals surface area contributed by atoms with Gasteiger partial charge in [0.05, 0.1) is 12.6 Å². The van der Waals surface area contributed by atoms with Gasteiger partial charge in [-0.15, -0.1) is 0 Å². The summed E-state index contributed by atoms with van der Waals surface area (Å²) in [7, 11) is 1.98. The first-order valence-electron chi connectivity index (χ1n) is 6.49. The van der Waals surface area contributed by atoms with E-state index in [0.29, 0.717) is 6.54 Å². The molecule has 0 fully saturated rings. The van der Waals surface area contributed by atoms with Crippen LogP contribution in [-0.2, 0) is 4.79 Å². The number of hydrogen-bond acceptors (Lipinski definition) is 2. The fourth-order valence-electron chi connectivity index (χ4n) is 2.69. The highest BCUT2D eigenvalue weighted by Crippen LogP contribution is 2.36. The van der Waals surface area contributed by atoms with E-state index in [9.17, 15) is 4.79 Å². The summed E-state index contributed by atoms with van der Waals surface area (Å²) >= 11 is 3.52. The van der Waals surface area contributed by atoms with E-state index in [0.717, 1.165) is 15.7 Å². The van der Waals surface area contributed by atoms with Crippen LogP contribution in [-0.4, -0.2) is 24.4 Å². The summed E-state index contributed by atoms with van der Waals surface area (Å²) in [5.41, 5.74) is 3.18. The number of benzene rings is 2. The average Bonchev–Trinajstić information content (AvgIpc) is 2.54. The van der Waals surface area contributed by atoms with Crippen LogP contribution >= 0.6 is 15.9 Å². The first-order chi connectivity index (χ1) is 9.65. The molecule has 3 rings (SSSR count). The number of rotatable bonds is 1. The fourth-order valence-corrected chi connectivity index (χ4v) is 3.07. The highest BCUT2D eigenvalue weighted by molar-refractivity contribution is 9.10. The molecule has 102 valence electrons. The van der Waals surface area contributed by atoms with E-state index < -0.39 is 0 Å². The summed E-state index contributed by atoms with van der Waals surface area (Å²) in [5.74, 6) is 0.0227. The topological polar surface area (TPSA) is 32.3 Å². The van der Waals surface area contributed by atoms with Gasteiger partial charge in [-0.05, 0) is 36.4 Å². The Morgan fingerprint density at radius 1 is 1.20 bits per heavy atom. The Kier molecular flexibility index (Phi) is 3.59. The van der Waals surface area contributed by atoms with Crippen LogP contribution in [0.1, 0.15) is 17.2 Å². The van der Waals surface area contributed by atoms with Crippen LogP contribution in [0.2, 0.25) is 0 Å². The first-order valence-corrected chi connectivity index (χ1v) is 7.29. The Labute approximate surface area is 126 Å². The lowest BCUT2D eigenvalue weighted by atomic mass is 9.96. The molecule has 0 saturated heterocycles. The van der Waals surface area contributed by atoms with Crippen molar-refractivity contribution in [3.05, 3.63) is 64.1 Å². The lowest BCUT2D eigenvalue weighted by Crippen LogP contribution is -2.30. The van der Waals surface area contributed by atoms with Gasteiger partial charge in [-0.25, -0.2) is 0 Å².